The summed E-state index contributed by atoms with van der Waals surface area (Å²) in [6.07, 6.45) is 0. The van der Waals surface area contributed by atoms with E-state index in [-0.39, 0.29) is 23.5 Å². The third-order valence-corrected chi connectivity index (χ3v) is 4.70. The first-order valence-electron chi connectivity index (χ1n) is 7.31. The Balaban J connectivity index is 2.21. The molecule has 2 rings (SSSR count). The number of aromatic hydroxyl groups is 1. The summed E-state index contributed by atoms with van der Waals surface area (Å²) in [5.74, 6) is 0.498. The van der Waals surface area contributed by atoms with Crippen molar-refractivity contribution in [2.45, 2.75) is 26.2 Å². The van der Waals surface area contributed by atoms with Crippen molar-refractivity contribution in [1.29, 1.82) is 0 Å². The normalized spacial score (nSPS) is 14.3. The first-order chi connectivity index (χ1) is 10.7. The second kappa shape index (κ2) is 6.75. The van der Waals surface area contributed by atoms with Gasteiger partial charge in [-0.1, -0.05) is 38.1 Å². The van der Waals surface area contributed by atoms with Crippen molar-refractivity contribution >= 4 is 7.82 Å². The zero-order valence-corrected chi connectivity index (χ0v) is 14.3. The van der Waals surface area contributed by atoms with E-state index < -0.39 is 7.82 Å². The Morgan fingerprint density at radius 2 is 1.48 bits per heavy atom. The first kappa shape index (κ1) is 17.5. The van der Waals surface area contributed by atoms with Crippen LogP contribution in [0.15, 0.2) is 48.5 Å². The molecule has 0 saturated carbocycles. The van der Waals surface area contributed by atoms with E-state index in [0.29, 0.717) is 0 Å². The van der Waals surface area contributed by atoms with Gasteiger partial charge in [0.05, 0.1) is 6.61 Å². The molecule has 0 saturated heterocycles. The predicted molar refractivity (Wildman–Crippen MR) is 88.8 cm³/mol. The van der Waals surface area contributed by atoms with Gasteiger partial charge in [0.15, 0.2) is 0 Å². The van der Waals surface area contributed by atoms with Crippen molar-refractivity contribution in [3.05, 3.63) is 59.7 Å². The van der Waals surface area contributed by atoms with E-state index in [1.165, 1.54) is 0 Å². The molecule has 0 aliphatic carbocycles. The molecule has 0 bridgehead atoms. The van der Waals surface area contributed by atoms with Crippen LogP contribution >= 0.6 is 7.82 Å². The highest BCUT2D eigenvalue weighted by atomic mass is 31.2. The number of phenolic OH excluding ortho intramolecular Hbond substituents is 1. The fourth-order valence-electron chi connectivity index (χ4n) is 2.30. The molecule has 1 unspecified atom stereocenters. The molecule has 0 heterocycles. The van der Waals surface area contributed by atoms with Crippen molar-refractivity contribution in [2.75, 3.05) is 6.61 Å². The fraction of sp³-hybridized carbons (Fsp3) is 0.294. The molecule has 0 aromatic heterocycles. The zero-order valence-electron chi connectivity index (χ0n) is 13.4. The molecule has 0 aliphatic heterocycles. The topological polar surface area (TPSA) is 76.0 Å². The molecule has 2 aromatic carbocycles. The van der Waals surface area contributed by atoms with Crippen molar-refractivity contribution in [1.82, 2.24) is 0 Å². The van der Waals surface area contributed by atoms with Crippen LogP contribution in [0.4, 0.5) is 0 Å². The molecule has 6 heteroatoms. The predicted octanol–water partition coefficient (Wildman–Crippen LogP) is 4.23. The highest BCUT2D eigenvalue weighted by molar-refractivity contribution is 7.47. The lowest BCUT2D eigenvalue weighted by molar-refractivity contribution is 0.213. The van der Waals surface area contributed by atoms with Gasteiger partial charge in [0.25, 0.3) is 0 Å². The summed E-state index contributed by atoms with van der Waals surface area (Å²) in [5, 5.41) is 9.40. The molecule has 0 fully saturated rings. The Hall–Kier alpha value is -1.81. The van der Waals surface area contributed by atoms with Crippen LogP contribution in [0.3, 0.4) is 0 Å². The van der Waals surface area contributed by atoms with Crippen LogP contribution in [0.5, 0.6) is 11.5 Å². The Labute approximate surface area is 136 Å². The van der Waals surface area contributed by atoms with E-state index in [4.69, 9.17) is 4.52 Å². The summed E-state index contributed by atoms with van der Waals surface area (Å²) in [5.41, 5.74) is 1.78. The van der Waals surface area contributed by atoms with Gasteiger partial charge in [-0.3, -0.25) is 9.42 Å². The van der Waals surface area contributed by atoms with Crippen LogP contribution in [0, 0.1) is 0 Å². The van der Waals surface area contributed by atoms with E-state index >= 15 is 0 Å². The van der Waals surface area contributed by atoms with Gasteiger partial charge in [-0.15, -0.1) is 0 Å². The molecule has 124 valence electrons. The maximum Gasteiger partial charge on any atom is 0.527 e. The largest absolute Gasteiger partial charge is 0.527 e. The molecule has 23 heavy (non-hydrogen) atoms. The van der Waals surface area contributed by atoms with Gasteiger partial charge in [-0.25, -0.2) is 4.57 Å². The van der Waals surface area contributed by atoms with Crippen LogP contribution in [-0.4, -0.2) is 16.6 Å². The Morgan fingerprint density at radius 3 is 1.96 bits per heavy atom. The van der Waals surface area contributed by atoms with E-state index in [9.17, 15) is 14.6 Å². The standard InChI is InChI=1S/C17H21O5P/c1-4-21-23(19,20)22-16-11-7-14(8-12-16)17(2,3)13-5-9-15(18)10-6-13/h5-12,18H,4H2,1-3H3,(H,19,20). The van der Waals surface area contributed by atoms with Gasteiger partial charge in [0.2, 0.25) is 0 Å². The summed E-state index contributed by atoms with van der Waals surface area (Å²) in [6, 6.07) is 14.0. The molecule has 2 aromatic rings. The maximum absolute atomic E-state index is 11.6. The minimum Gasteiger partial charge on any atom is -0.508 e. The summed E-state index contributed by atoms with van der Waals surface area (Å²) < 4.78 is 21.3. The van der Waals surface area contributed by atoms with Crippen LogP contribution in [0.25, 0.3) is 0 Å². The lowest BCUT2D eigenvalue weighted by Gasteiger charge is -2.26. The monoisotopic (exact) mass is 336 g/mol. The van der Waals surface area contributed by atoms with Crippen LogP contribution in [0.2, 0.25) is 0 Å². The van der Waals surface area contributed by atoms with Gasteiger partial charge < -0.3 is 9.63 Å². The molecular weight excluding hydrogens is 315 g/mol. The number of benzene rings is 2. The van der Waals surface area contributed by atoms with Gasteiger partial charge in [-0.05, 0) is 42.3 Å². The number of phenols is 1. The molecule has 0 amide bonds. The highest BCUT2D eigenvalue weighted by Crippen LogP contribution is 2.44. The van der Waals surface area contributed by atoms with Gasteiger partial charge >= 0.3 is 7.82 Å². The molecule has 2 N–H and O–H groups in total. The Morgan fingerprint density at radius 1 is 1.00 bits per heavy atom. The SMILES string of the molecule is CCOP(=O)(O)Oc1ccc(C(C)(C)c2ccc(O)cc2)cc1. The smallest absolute Gasteiger partial charge is 0.508 e. The van der Waals surface area contributed by atoms with Crippen molar-refractivity contribution in [3.8, 4) is 11.5 Å². The Bertz CT molecular complexity index is 692. The second-order valence-electron chi connectivity index (χ2n) is 5.67. The number of phosphoric ester groups is 1. The number of hydrogen-bond acceptors (Lipinski definition) is 4. The summed E-state index contributed by atoms with van der Waals surface area (Å²) >= 11 is 0. The van der Waals surface area contributed by atoms with Crippen LogP contribution in [-0.2, 0) is 14.5 Å². The van der Waals surface area contributed by atoms with Crippen LogP contribution in [0.1, 0.15) is 31.9 Å². The molecular formula is C17H21O5P. The van der Waals surface area contributed by atoms with Crippen molar-refractivity contribution in [2.24, 2.45) is 0 Å². The maximum atomic E-state index is 11.6. The van der Waals surface area contributed by atoms with Crippen molar-refractivity contribution < 1.29 is 23.6 Å². The molecule has 1 atom stereocenters. The lowest BCUT2D eigenvalue weighted by Crippen LogP contribution is -2.18. The molecule has 5 nitrogen and oxygen atoms in total. The Kier molecular flexibility index (Phi) is 5.15. The van der Waals surface area contributed by atoms with Gasteiger partial charge in [-0.2, -0.15) is 0 Å². The third kappa shape index (κ3) is 4.35. The molecule has 0 radical (unpaired) electrons. The quantitative estimate of drug-likeness (QED) is 0.772. The lowest BCUT2D eigenvalue weighted by atomic mass is 9.78. The van der Waals surface area contributed by atoms with Crippen molar-refractivity contribution in [3.63, 3.8) is 0 Å². The summed E-state index contributed by atoms with van der Waals surface area (Å²) in [4.78, 5) is 9.49. The average Bonchev–Trinajstić information content (AvgIpc) is 2.47. The summed E-state index contributed by atoms with van der Waals surface area (Å²) in [7, 11) is -4.06. The fourth-order valence-corrected chi connectivity index (χ4v) is 3.07. The summed E-state index contributed by atoms with van der Waals surface area (Å²) in [6.45, 7) is 5.84. The first-order valence-corrected chi connectivity index (χ1v) is 8.81. The van der Waals surface area contributed by atoms with E-state index in [0.717, 1.165) is 11.1 Å². The third-order valence-electron chi connectivity index (χ3n) is 3.68. The zero-order chi connectivity index (χ0) is 17.1. The molecule has 0 spiro atoms. The van der Waals surface area contributed by atoms with Crippen LogP contribution < -0.4 is 4.52 Å². The minimum absolute atomic E-state index is 0.0970. The highest BCUT2D eigenvalue weighted by Gasteiger charge is 2.25. The minimum atomic E-state index is -4.06. The average molecular weight is 336 g/mol. The van der Waals surface area contributed by atoms with E-state index in [1.807, 2.05) is 24.3 Å². The van der Waals surface area contributed by atoms with E-state index in [2.05, 4.69) is 18.4 Å². The molecule has 0 aliphatic rings. The van der Waals surface area contributed by atoms with Gasteiger partial charge in [0.1, 0.15) is 11.5 Å². The van der Waals surface area contributed by atoms with E-state index in [1.54, 1.807) is 31.2 Å². The number of phosphoric acid groups is 1. The number of rotatable bonds is 6. The second-order valence-corrected chi connectivity index (χ2v) is 7.05. The number of hydrogen-bond donors (Lipinski definition) is 2. The van der Waals surface area contributed by atoms with Gasteiger partial charge in [0, 0.05) is 5.41 Å².